The van der Waals surface area contributed by atoms with Gasteiger partial charge in [-0.25, -0.2) is 9.37 Å². The van der Waals surface area contributed by atoms with Gasteiger partial charge in [-0.2, -0.15) is 0 Å². The van der Waals surface area contributed by atoms with Crippen molar-refractivity contribution in [1.82, 2.24) is 15.2 Å². The van der Waals surface area contributed by atoms with Gasteiger partial charge in [0, 0.05) is 12.1 Å². The van der Waals surface area contributed by atoms with Crippen LogP contribution in [0.5, 0.6) is 0 Å². The summed E-state index contributed by atoms with van der Waals surface area (Å²) in [6.45, 7) is 4.47. The number of likely N-dealkylation sites (N-methyl/N-ethyl adjacent to an activating group) is 1. The number of halogens is 1. The second-order valence-electron chi connectivity index (χ2n) is 5.11. The number of carbonyl (C=O) groups is 1. The molecule has 20 heavy (non-hydrogen) atoms. The Bertz CT molecular complexity index is 609. The molecule has 1 aromatic heterocycles. The summed E-state index contributed by atoms with van der Waals surface area (Å²) in [5.74, 6) is 0.0668. The Labute approximate surface area is 116 Å². The van der Waals surface area contributed by atoms with Crippen molar-refractivity contribution in [2.75, 3.05) is 13.6 Å². The van der Waals surface area contributed by atoms with Crippen LogP contribution in [0.25, 0.3) is 11.1 Å². The topological polar surface area (TPSA) is 58.4 Å². The number of rotatable bonds is 5. The van der Waals surface area contributed by atoms with Gasteiger partial charge in [0.25, 0.3) is 0 Å². The summed E-state index contributed by atoms with van der Waals surface area (Å²) in [6.07, 6.45) is 0. The monoisotopic (exact) mass is 279 g/mol. The number of carbonyl (C=O) groups excluding carboxylic acids is 1. The van der Waals surface area contributed by atoms with E-state index in [4.69, 9.17) is 4.42 Å². The highest BCUT2D eigenvalue weighted by Crippen LogP contribution is 2.17. The van der Waals surface area contributed by atoms with Crippen LogP contribution >= 0.6 is 0 Å². The summed E-state index contributed by atoms with van der Waals surface area (Å²) in [7, 11) is 1.80. The summed E-state index contributed by atoms with van der Waals surface area (Å²) >= 11 is 0. The van der Waals surface area contributed by atoms with E-state index in [9.17, 15) is 9.18 Å². The number of benzene rings is 1. The van der Waals surface area contributed by atoms with Gasteiger partial charge in [0.15, 0.2) is 5.58 Å². The highest BCUT2D eigenvalue weighted by molar-refractivity contribution is 5.78. The van der Waals surface area contributed by atoms with Crippen molar-refractivity contribution in [3.63, 3.8) is 0 Å². The molecule has 0 aliphatic heterocycles. The fourth-order valence-corrected chi connectivity index (χ4v) is 1.92. The Balaban J connectivity index is 1.99. The van der Waals surface area contributed by atoms with Crippen molar-refractivity contribution in [3.8, 4) is 0 Å². The van der Waals surface area contributed by atoms with E-state index in [1.165, 1.54) is 12.1 Å². The van der Waals surface area contributed by atoms with Crippen molar-refractivity contribution in [2.24, 2.45) is 0 Å². The summed E-state index contributed by atoms with van der Waals surface area (Å²) in [4.78, 5) is 17.6. The number of aromatic nitrogens is 1. The molecule has 0 aliphatic rings. The van der Waals surface area contributed by atoms with Gasteiger partial charge in [0.1, 0.15) is 11.3 Å². The molecule has 0 aliphatic carbocycles. The SMILES string of the molecule is CC(C)NC(=O)CN(C)Cc1nc2cc(F)ccc2o1. The number of oxazole rings is 1. The third-order valence-corrected chi connectivity index (χ3v) is 2.66. The second-order valence-corrected chi connectivity index (χ2v) is 5.11. The molecule has 0 radical (unpaired) electrons. The van der Waals surface area contributed by atoms with Crippen LogP contribution in [-0.4, -0.2) is 35.4 Å². The highest BCUT2D eigenvalue weighted by atomic mass is 19.1. The molecule has 6 heteroatoms. The lowest BCUT2D eigenvalue weighted by Crippen LogP contribution is -2.38. The predicted octanol–water partition coefficient (Wildman–Crippen LogP) is 1.92. The van der Waals surface area contributed by atoms with E-state index >= 15 is 0 Å². The minimum Gasteiger partial charge on any atom is -0.439 e. The van der Waals surface area contributed by atoms with Crippen LogP contribution in [0.3, 0.4) is 0 Å². The average molecular weight is 279 g/mol. The second kappa shape index (κ2) is 6.00. The van der Waals surface area contributed by atoms with Gasteiger partial charge < -0.3 is 9.73 Å². The van der Waals surface area contributed by atoms with Crippen molar-refractivity contribution < 1.29 is 13.6 Å². The first-order valence-electron chi connectivity index (χ1n) is 6.47. The molecule has 5 nitrogen and oxygen atoms in total. The van der Waals surface area contributed by atoms with E-state index in [2.05, 4.69) is 10.3 Å². The molecule has 0 saturated carbocycles. The smallest absolute Gasteiger partial charge is 0.234 e. The zero-order chi connectivity index (χ0) is 14.7. The van der Waals surface area contributed by atoms with Crippen LogP contribution in [0, 0.1) is 5.82 Å². The summed E-state index contributed by atoms with van der Waals surface area (Å²) < 4.78 is 18.6. The van der Waals surface area contributed by atoms with E-state index < -0.39 is 0 Å². The highest BCUT2D eigenvalue weighted by Gasteiger charge is 2.12. The zero-order valence-electron chi connectivity index (χ0n) is 11.8. The molecule has 0 spiro atoms. The third kappa shape index (κ3) is 3.77. The molecule has 2 rings (SSSR count). The Morgan fingerprint density at radius 3 is 2.95 bits per heavy atom. The van der Waals surface area contributed by atoms with Crippen molar-refractivity contribution in [1.29, 1.82) is 0 Å². The first kappa shape index (κ1) is 14.5. The number of nitrogens with zero attached hydrogens (tertiary/aromatic N) is 2. The Kier molecular flexibility index (Phi) is 4.34. The molecular formula is C14H18FN3O2. The van der Waals surface area contributed by atoms with Crippen LogP contribution in [0.15, 0.2) is 22.6 Å². The molecule has 0 saturated heterocycles. The normalized spacial score (nSPS) is 11.5. The lowest BCUT2D eigenvalue weighted by atomic mass is 10.3. The van der Waals surface area contributed by atoms with Crippen molar-refractivity contribution in [3.05, 3.63) is 29.9 Å². The van der Waals surface area contributed by atoms with Crippen molar-refractivity contribution in [2.45, 2.75) is 26.4 Å². The molecule has 1 amide bonds. The molecule has 1 heterocycles. The Morgan fingerprint density at radius 1 is 1.50 bits per heavy atom. The number of fused-ring (bicyclic) bond motifs is 1. The third-order valence-electron chi connectivity index (χ3n) is 2.66. The minimum absolute atomic E-state index is 0.0512. The minimum atomic E-state index is -0.345. The van der Waals surface area contributed by atoms with Gasteiger partial charge in [-0.05, 0) is 33.0 Å². The number of hydrogen-bond donors (Lipinski definition) is 1. The summed E-state index contributed by atoms with van der Waals surface area (Å²) in [5, 5.41) is 2.81. The molecule has 1 aromatic carbocycles. The van der Waals surface area contributed by atoms with E-state index in [0.717, 1.165) is 0 Å². The molecule has 2 aromatic rings. The van der Waals surface area contributed by atoms with Crippen LogP contribution in [0.1, 0.15) is 19.7 Å². The van der Waals surface area contributed by atoms with E-state index in [1.807, 2.05) is 13.8 Å². The van der Waals surface area contributed by atoms with E-state index in [-0.39, 0.29) is 24.3 Å². The van der Waals surface area contributed by atoms with Gasteiger partial charge in [-0.15, -0.1) is 0 Å². The average Bonchev–Trinajstić information content (AvgIpc) is 2.68. The van der Waals surface area contributed by atoms with E-state index in [1.54, 1.807) is 18.0 Å². The van der Waals surface area contributed by atoms with Crippen LogP contribution in [0.2, 0.25) is 0 Å². The molecule has 0 fully saturated rings. The first-order valence-corrected chi connectivity index (χ1v) is 6.47. The van der Waals surface area contributed by atoms with Crippen LogP contribution in [-0.2, 0) is 11.3 Å². The summed E-state index contributed by atoms with van der Waals surface area (Å²) in [5.41, 5.74) is 1.03. The maximum atomic E-state index is 13.1. The van der Waals surface area contributed by atoms with Gasteiger partial charge in [0.05, 0.1) is 13.1 Å². The molecular weight excluding hydrogens is 261 g/mol. The maximum absolute atomic E-state index is 13.1. The van der Waals surface area contributed by atoms with Gasteiger partial charge >= 0.3 is 0 Å². The van der Waals surface area contributed by atoms with Crippen LogP contribution < -0.4 is 5.32 Å². The standard InChI is InChI=1S/C14H18FN3O2/c1-9(2)16-13(19)7-18(3)8-14-17-11-6-10(15)4-5-12(11)20-14/h4-6,9H,7-8H2,1-3H3,(H,16,19). The Morgan fingerprint density at radius 2 is 2.25 bits per heavy atom. The van der Waals surface area contributed by atoms with Crippen LogP contribution in [0.4, 0.5) is 4.39 Å². The van der Waals surface area contributed by atoms with E-state index in [0.29, 0.717) is 23.5 Å². The number of nitrogens with one attached hydrogen (secondary N) is 1. The molecule has 0 atom stereocenters. The fraction of sp³-hybridized carbons (Fsp3) is 0.429. The molecule has 0 unspecified atom stereocenters. The molecule has 0 bridgehead atoms. The molecule has 108 valence electrons. The van der Waals surface area contributed by atoms with Crippen molar-refractivity contribution >= 4 is 17.0 Å². The molecule has 1 N–H and O–H groups in total. The lowest BCUT2D eigenvalue weighted by molar-refractivity contribution is -0.122. The first-order chi connectivity index (χ1) is 9.44. The quantitative estimate of drug-likeness (QED) is 0.908. The lowest BCUT2D eigenvalue weighted by Gasteiger charge is -2.15. The number of amides is 1. The fourth-order valence-electron chi connectivity index (χ4n) is 1.92. The van der Waals surface area contributed by atoms with Gasteiger partial charge in [0.2, 0.25) is 11.8 Å². The number of hydrogen-bond acceptors (Lipinski definition) is 4. The predicted molar refractivity (Wildman–Crippen MR) is 73.6 cm³/mol. The van der Waals surface area contributed by atoms with Gasteiger partial charge in [-0.1, -0.05) is 0 Å². The zero-order valence-corrected chi connectivity index (χ0v) is 11.8. The Hall–Kier alpha value is -1.95. The summed E-state index contributed by atoms with van der Waals surface area (Å²) in [6, 6.07) is 4.32. The largest absolute Gasteiger partial charge is 0.439 e. The van der Waals surface area contributed by atoms with Gasteiger partial charge in [-0.3, -0.25) is 9.69 Å². The maximum Gasteiger partial charge on any atom is 0.234 e.